The van der Waals surface area contributed by atoms with Crippen molar-refractivity contribution in [3.8, 4) is 0 Å². The Morgan fingerprint density at radius 2 is 2.05 bits per heavy atom. The van der Waals surface area contributed by atoms with Gasteiger partial charge in [-0.15, -0.1) is 0 Å². The smallest absolute Gasteiger partial charge is 0.448 e. The van der Waals surface area contributed by atoms with Crippen LogP contribution < -0.4 is 5.56 Å². The second-order valence-electron chi connectivity index (χ2n) is 3.87. The number of nitro benzene ring substituents is 1. The van der Waals surface area contributed by atoms with Crippen LogP contribution in [0.15, 0.2) is 29.3 Å². The van der Waals surface area contributed by atoms with Crippen LogP contribution >= 0.6 is 0 Å². The van der Waals surface area contributed by atoms with Gasteiger partial charge in [0, 0.05) is 12.1 Å². The zero-order valence-electron chi connectivity index (χ0n) is 9.29. The van der Waals surface area contributed by atoms with E-state index in [-0.39, 0.29) is 16.6 Å². The summed E-state index contributed by atoms with van der Waals surface area (Å²) in [5.74, 6) is 0. The zero-order valence-corrected chi connectivity index (χ0v) is 9.29. The van der Waals surface area contributed by atoms with Crippen LogP contribution in [0.25, 0.3) is 10.9 Å². The van der Waals surface area contributed by atoms with Crippen LogP contribution in [0.3, 0.4) is 0 Å². The van der Waals surface area contributed by atoms with Gasteiger partial charge in [0.2, 0.25) is 0 Å². The van der Waals surface area contributed by atoms with E-state index in [0.29, 0.717) is 4.57 Å². The number of hydrogen-bond acceptors (Lipinski definition) is 4. The standard InChI is InChI=1S/C9H6BF3N3O3/c11-10(12,13)4-15-5-14-8-2-1-6(16(18)19)3-7(8)9(15)17/h1-3,5H,4H2/q-1. The molecule has 100 valence electrons. The first-order valence-electron chi connectivity index (χ1n) is 5.12. The Hall–Kier alpha value is -2.39. The number of aromatic nitrogens is 2. The summed E-state index contributed by atoms with van der Waals surface area (Å²) in [6.07, 6.45) is -0.643. The number of fused-ring (bicyclic) bond motifs is 1. The molecule has 0 fully saturated rings. The van der Waals surface area contributed by atoms with Crippen LogP contribution in [-0.2, 0) is 6.44 Å². The van der Waals surface area contributed by atoms with Crippen LogP contribution in [0.4, 0.5) is 18.6 Å². The molecule has 1 aromatic heterocycles. The van der Waals surface area contributed by atoms with Crippen molar-refractivity contribution < 1.29 is 17.9 Å². The van der Waals surface area contributed by atoms with Gasteiger partial charge in [-0.3, -0.25) is 14.9 Å². The van der Waals surface area contributed by atoms with Gasteiger partial charge in [0.15, 0.2) is 0 Å². The first-order chi connectivity index (χ1) is 8.78. The summed E-state index contributed by atoms with van der Waals surface area (Å²) in [7, 11) is 0. The van der Waals surface area contributed by atoms with Crippen molar-refractivity contribution in [2.24, 2.45) is 0 Å². The third kappa shape index (κ3) is 2.72. The zero-order chi connectivity index (χ0) is 14.2. The molecule has 10 heteroatoms. The van der Waals surface area contributed by atoms with Crippen molar-refractivity contribution in [2.45, 2.75) is 6.44 Å². The lowest BCUT2D eigenvalue weighted by Gasteiger charge is -2.15. The van der Waals surface area contributed by atoms with Crippen LogP contribution in [0.5, 0.6) is 0 Å². The number of hydrogen-bond donors (Lipinski definition) is 0. The average Bonchev–Trinajstić information content (AvgIpc) is 2.31. The summed E-state index contributed by atoms with van der Waals surface area (Å²) >= 11 is 0. The van der Waals surface area contributed by atoms with E-state index in [1.807, 2.05) is 0 Å². The highest BCUT2D eigenvalue weighted by molar-refractivity contribution is 6.57. The van der Waals surface area contributed by atoms with Gasteiger partial charge >= 0.3 is 6.98 Å². The Labute approximate surface area is 103 Å². The maximum Gasteiger partial charge on any atom is 0.497 e. The van der Waals surface area contributed by atoms with E-state index in [9.17, 15) is 27.9 Å². The molecule has 0 spiro atoms. The van der Waals surface area contributed by atoms with Crippen LogP contribution in [0, 0.1) is 10.1 Å². The molecule has 0 amide bonds. The van der Waals surface area contributed by atoms with E-state index < -0.39 is 23.9 Å². The fourth-order valence-electron chi connectivity index (χ4n) is 1.61. The molecule has 6 nitrogen and oxygen atoms in total. The molecule has 0 bridgehead atoms. The predicted octanol–water partition coefficient (Wildman–Crippen LogP) is 1.69. The molecule has 0 radical (unpaired) electrons. The first kappa shape index (κ1) is 13.1. The molecular weight excluding hydrogens is 266 g/mol. The first-order valence-corrected chi connectivity index (χ1v) is 5.12. The normalized spacial score (nSPS) is 11.7. The van der Waals surface area contributed by atoms with Gasteiger partial charge in [-0.1, -0.05) is 0 Å². The van der Waals surface area contributed by atoms with E-state index in [1.165, 1.54) is 6.07 Å². The highest BCUT2D eigenvalue weighted by Gasteiger charge is 2.24. The highest BCUT2D eigenvalue weighted by Crippen LogP contribution is 2.17. The molecule has 1 heterocycles. The molecule has 0 N–H and O–H groups in total. The molecule has 0 atom stereocenters. The molecule has 0 aliphatic heterocycles. The Balaban J connectivity index is 2.62. The topological polar surface area (TPSA) is 78.0 Å². The average molecular weight is 272 g/mol. The van der Waals surface area contributed by atoms with Gasteiger partial charge in [-0.2, -0.15) is 0 Å². The quantitative estimate of drug-likeness (QED) is 0.484. The molecule has 0 aliphatic rings. The Morgan fingerprint density at radius 1 is 1.37 bits per heavy atom. The van der Waals surface area contributed by atoms with E-state index >= 15 is 0 Å². The summed E-state index contributed by atoms with van der Waals surface area (Å²) in [5, 5.41) is 10.4. The minimum atomic E-state index is -5.20. The summed E-state index contributed by atoms with van der Waals surface area (Å²) in [4.78, 5) is 25.3. The van der Waals surface area contributed by atoms with Crippen molar-refractivity contribution in [2.75, 3.05) is 0 Å². The lowest BCUT2D eigenvalue weighted by atomic mass is 9.92. The van der Waals surface area contributed by atoms with Gasteiger partial charge in [0.05, 0.1) is 22.2 Å². The minimum absolute atomic E-state index is 0.113. The number of non-ortho nitro benzene ring substituents is 1. The number of nitro groups is 1. The van der Waals surface area contributed by atoms with Gasteiger partial charge in [0.25, 0.3) is 11.2 Å². The molecule has 0 unspecified atom stereocenters. The third-order valence-electron chi connectivity index (χ3n) is 2.42. The fourth-order valence-corrected chi connectivity index (χ4v) is 1.61. The molecule has 2 rings (SSSR count). The van der Waals surface area contributed by atoms with Crippen molar-refractivity contribution in [3.05, 3.63) is 45.0 Å². The number of benzene rings is 1. The summed E-state index contributed by atoms with van der Waals surface area (Å²) in [5.41, 5.74) is -1.21. The lowest BCUT2D eigenvalue weighted by Crippen LogP contribution is -2.32. The fraction of sp³-hybridized carbons (Fsp3) is 0.111. The van der Waals surface area contributed by atoms with Gasteiger partial charge < -0.3 is 17.5 Å². The highest BCUT2D eigenvalue weighted by atomic mass is 19.4. The van der Waals surface area contributed by atoms with E-state index in [2.05, 4.69) is 4.98 Å². The van der Waals surface area contributed by atoms with E-state index in [4.69, 9.17) is 0 Å². The Morgan fingerprint density at radius 3 is 2.63 bits per heavy atom. The van der Waals surface area contributed by atoms with Crippen LogP contribution in [0.2, 0.25) is 0 Å². The SMILES string of the molecule is O=c1c2cc([N+](=O)[O-])ccc2ncn1C[B-](F)(F)F. The molecule has 0 aliphatic carbocycles. The predicted molar refractivity (Wildman–Crippen MR) is 61.7 cm³/mol. The molecule has 0 saturated heterocycles. The molecule has 19 heavy (non-hydrogen) atoms. The van der Waals surface area contributed by atoms with Gasteiger partial charge in [0.1, 0.15) is 0 Å². The monoisotopic (exact) mass is 272 g/mol. The van der Waals surface area contributed by atoms with E-state index in [0.717, 1.165) is 18.5 Å². The maximum atomic E-state index is 12.3. The maximum absolute atomic E-state index is 12.3. The second kappa shape index (κ2) is 4.37. The van der Waals surface area contributed by atoms with Gasteiger partial charge in [-0.05, 0) is 12.5 Å². The lowest BCUT2D eigenvalue weighted by molar-refractivity contribution is -0.384. The summed E-state index contributed by atoms with van der Waals surface area (Å²) < 4.78 is 37.3. The molecule has 0 saturated carbocycles. The molecule has 1 aromatic carbocycles. The van der Waals surface area contributed by atoms with E-state index in [1.54, 1.807) is 0 Å². The third-order valence-corrected chi connectivity index (χ3v) is 2.42. The van der Waals surface area contributed by atoms with Crippen molar-refractivity contribution >= 4 is 23.6 Å². The van der Waals surface area contributed by atoms with Crippen molar-refractivity contribution in [1.82, 2.24) is 9.55 Å². The van der Waals surface area contributed by atoms with Crippen molar-refractivity contribution in [1.29, 1.82) is 0 Å². The second-order valence-corrected chi connectivity index (χ2v) is 3.87. The minimum Gasteiger partial charge on any atom is -0.448 e. The number of halogens is 3. The number of nitrogens with zero attached hydrogens (tertiary/aromatic N) is 3. The van der Waals surface area contributed by atoms with Crippen LogP contribution in [-0.4, -0.2) is 21.5 Å². The van der Waals surface area contributed by atoms with Gasteiger partial charge in [-0.25, -0.2) is 4.98 Å². The number of rotatable bonds is 3. The van der Waals surface area contributed by atoms with Crippen molar-refractivity contribution in [3.63, 3.8) is 0 Å². The molecular formula is C9H6BF3N3O3-. The molecule has 2 aromatic rings. The summed E-state index contributed by atoms with van der Waals surface area (Å²) in [6.45, 7) is -5.20. The Bertz CT molecular complexity index is 713. The summed E-state index contributed by atoms with van der Waals surface area (Å²) in [6, 6.07) is 3.27. The largest absolute Gasteiger partial charge is 0.497 e. The van der Waals surface area contributed by atoms with Crippen LogP contribution in [0.1, 0.15) is 0 Å². The Kier molecular flexibility index (Phi) is 3.01.